The van der Waals surface area contributed by atoms with Crippen LogP contribution in [-0.4, -0.2) is 32.3 Å². The minimum Gasteiger partial charge on any atom is -0.339 e. The molecule has 0 aliphatic carbocycles. The molecule has 1 amide bonds. The first-order valence-electron chi connectivity index (χ1n) is 8.42. The van der Waals surface area contributed by atoms with Gasteiger partial charge in [-0.15, -0.1) is 0 Å². The Labute approximate surface area is 149 Å². The van der Waals surface area contributed by atoms with E-state index in [0.29, 0.717) is 24.3 Å². The van der Waals surface area contributed by atoms with Crippen molar-refractivity contribution in [2.24, 2.45) is 0 Å². The highest BCUT2D eigenvalue weighted by Crippen LogP contribution is 2.18. The minimum atomic E-state index is -3.64. The smallest absolute Gasteiger partial charge is 0.261 e. The number of amides is 1. The second kappa shape index (κ2) is 8.16. The SMILES string of the molecule is CCc1ccc(S(=O)(=O)Nc2ccc(C(=O)N(CC)CC)cc2)cc1. The molecule has 0 radical (unpaired) electrons. The molecule has 25 heavy (non-hydrogen) atoms. The first kappa shape index (κ1) is 19.0. The molecule has 0 aliphatic rings. The number of anilines is 1. The lowest BCUT2D eigenvalue weighted by Crippen LogP contribution is -2.30. The van der Waals surface area contributed by atoms with Crippen LogP contribution in [0.25, 0.3) is 0 Å². The number of hydrogen-bond donors (Lipinski definition) is 1. The summed E-state index contributed by atoms with van der Waals surface area (Å²) in [5.74, 6) is -0.0606. The Bertz CT molecular complexity index is 809. The second-order valence-electron chi connectivity index (χ2n) is 5.66. The van der Waals surface area contributed by atoms with Crippen LogP contribution >= 0.6 is 0 Å². The molecule has 6 heteroatoms. The highest BCUT2D eigenvalue weighted by molar-refractivity contribution is 7.92. The molecule has 0 heterocycles. The van der Waals surface area contributed by atoms with Crippen molar-refractivity contribution >= 4 is 21.6 Å². The van der Waals surface area contributed by atoms with Gasteiger partial charge in [0.1, 0.15) is 0 Å². The third-order valence-corrected chi connectivity index (χ3v) is 5.47. The van der Waals surface area contributed by atoms with E-state index in [1.165, 1.54) is 0 Å². The van der Waals surface area contributed by atoms with Gasteiger partial charge in [0.05, 0.1) is 4.90 Å². The molecule has 2 aromatic rings. The molecular weight excluding hydrogens is 336 g/mol. The van der Waals surface area contributed by atoms with Crippen LogP contribution in [0.5, 0.6) is 0 Å². The van der Waals surface area contributed by atoms with Gasteiger partial charge in [-0.05, 0) is 62.2 Å². The van der Waals surface area contributed by atoms with Crippen molar-refractivity contribution in [2.75, 3.05) is 17.8 Å². The number of benzene rings is 2. The predicted octanol–water partition coefficient (Wildman–Crippen LogP) is 3.53. The largest absolute Gasteiger partial charge is 0.339 e. The van der Waals surface area contributed by atoms with E-state index in [9.17, 15) is 13.2 Å². The highest BCUT2D eigenvalue weighted by Gasteiger charge is 2.15. The van der Waals surface area contributed by atoms with Crippen molar-refractivity contribution in [1.82, 2.24) is 4.90 Å². The minimum absolute atomic E-state index is 0.0606. The zero-order valence-corrected chi connectivity index (χ0v) is 15.6. The van der Waals surface area contributed by atoms with Crippen molar-refractivity contribution in [3.63, 3.8) is 0 Å². The number of carbonyl (C=O) groups is 1. The van der Waals surface area contributed by atoms with Gasteiger partial charge in [-0.25, -0.2) is 8.42 Å². The molecule has 0 saturated carbocycles. The van der Waals surface area contributed by atoms with Gasteiger partial charge in [0.2, 0.25) is 0 Å². The van der Waals surface area contributed by atoms with E-state index in [1.807, 2.05) is 20.8 Å². The number of nitrogens with zero attached hydrogens (tertiary/aromatic N) is 1. The van der Waals surface area contributed by atoms with Crippen LogP contribution in [0.4, 0.5) is 5.69 Å². The molecule has 5 nitrogen and oxygen atoms in total. The average Bonchev–Trinajstić information content (AvgIpc) is 2.63. The summed E-state index contributed by atoms with van der Waals surface area (Å²) in [7, 11) is -3.64. The third kappa shape index (κ3) is 4.60. The molecule has 0 fully saturated rings. The maximum atomic E-state index is 12.4. The van der Waals surface area contributed by atoms with Crippen LogP contribution in [0.1, 0.15) is 36.7 Å². The summed E-state index contributed by atoms with van der Waals surface area (Å²) in [4.78, 5) is 14.2. The van der Waals surface area contributed by atoms with Crippen LogP contribution in [-0.2, 0) is 16.4 Å². The number of aryl methyl sites for hydroxylation is 1. The zero-order chi connectivity index (χ0) is 18.4. The number of sulfonamides is 1. The summed E-state index contributed by atoms with van der Waals surface area (Å²) in [6.07, 6.45) is 0.857. The highest BCUT2D eigenvalue weighted by atomic mass is 32.2. The van der Waals surface area contributed by atoms with E-state index in [2.05, 4.69) is 4.72 Å². The molecule has 0 saturated heterocycles. The maximum absolute atomic E-state index is 12.4. The van der Waals surface area contributed by atoms with E-state index < -0.39 is 10.0 Å². The second-order valence-corrected chi connectivity index (χ2v) is 7.34. The molecule has 0 aliphatic heterocycles. The number of rotatable bonds is 7. The summed E-state index contributed by atoms with van der Waals surface area (Å²) in [5, 5.41) is 0. The van der Waals surface area contributed by atoms with Crippen molar-refractivity contribution in [1.29, 1.82) is 0 Å². The van der Waals surface area contributed by atoms with Crippen LogP contribution < -0.4 is 4.72 Å². The Kier molecular flexibility index (Phi) is 6.20. The Morgan fingerprint density at radius 1 is 0.920 bits per heavy atom. The molecule has 2 rings (SSSR count). The van der Waals surface area contributed by atoms with Crippen LogP contribution in [0.15, 0.2) is 53.4 Å². The lowest BCUT2D eigenvalue weighted by atomic mass is 10.2. The van der Waals surface area contributed by atoms with Gasteiger partial charge in [0.25, 0.3) is 15.9 Å². The lowest BCUT2D eigenvalue weighted by Gasteiger charge is -2.18. The topological polar surface area (TPSA) is 66.5 Å². The zero-order valence-electron chi connectivity index (χ0n) is 14.8. The molecule has 0 unspecified atom stereocenters. The summed E-state index contributed by atoms with van der Waals surface area (Å²) in [6, 6.07) is 13.3. The van der Waals surface area contributed by atoms with Gasteiger partial charge in [-0.1, -0.05) is 19.1 Å². The standard InChI is InChI=1S/C19H24N2O3S/c1-4-15-7-13-18(14-8-15)25(23,24)20-17-11-9-16(10-12-17)19(22)21(5-2)6-3/h7-14,20H,4-6H2,1-3H3. The molecule has 0 spiro atoms. The maximum Gasteiger partial charge on any atom is 0.261 e. The molecule has 134 valence electrons. The first-order valence-corrected chi connectivity index (χ1v) is 9.90. The Hall–Kier alpha value is -2.34. The fraction of sp³-hybridized carbons (Fsp3) is 0.316. The monoisotopic (exact) mass is 360 g/mol. The van der Waals surface area contributed by atoms with E-state index in [1.54, 1.807) is 53.4 Å². The summed E-state index contributed by atoms with van der Waals surface area (Å²) < 4.78 is 27.4. The van der Waals surface area contributed by atoms with Gasteiger partial charge < -0.3 is 4.90 Å². The van der Waals surface area contributed by atoms with E-state index in [4.69, 9.17) is 0 Å². The molecule has 1 N–H and O–H groups in total. The average molecular weight is 360 g/mol. The normalized spacial score (nSPS) is 11.2. The molecule has 2 aromatic carbocycles. The molecule has 0 bridgehead atoms. The van der Waals surface area contributed by atoms with Gasteiger partial charge in [0.15, 0.2) is 0 Å². The lowest BCUT2D eigenvalue weighted by molar-refractivity contribution is 0.0773. The summed E-state index contributed by atoms with van der Waals surface area (Å²) in [5.41, 5.74) is 2.05. The Morgan fingerprint density at radius 3 is 1.96 bits per heavy atom. The van der Waals surface area contributed by atoms with Crippen molar-refractivity contribution in [2.45, 2.75) is 32.1 Å². The van der Waals surface area contributed by atoms with Gasteiger partial charge in [-0.2, -0.15) is 0 Å². The quantitative estimate of drug-likeness (QED) is 0.821. The van der Waals surface area contributed by atoms with E-state index in [-0.39, 0.29) is 10.8 Å². The van der Waals surface area contributed by atoms with Crippen molar-refractivity contribution < 1.29 is 13.2 Å². The van der Waals surface area contributed by atoms with E-state index in [0.717, 1.165) is 12.0 Å². The third-order valence-electron chi connectivity index (χ3n) is 4.08. The van der Waals surface area contributed by atoms with Gasteiger partial charge in [0, 0.05) is 24.3 Å². The fourth-order valence-corrected chi connectivity index (χ4v) is 3.55. The summed E-state index contributed by atoms with van der Waals surface area (Å²) >= 11 is 0. The van der Waals surface area contributed by atoms with Crippen LogP contribution in [0.2, 0.25) is 0 Å². The predicted molar refractivity (Wildman–Crippen MR) is 100 cm³/mol. The number of nitrogens with one attached hydrogen (secondary N) is 1. The van der Waals surface area contributed by atoms with Crippen molar-refractivity contribution in [3.8, 4) is 0 Å². The number of carbonyl (C=O) groups excluding carboxylic acids is 1. The Morgan fingerprint density at radius 2 is 1.48 bits per heavy atom. The van der Waals surface area contributed by atoms with Crippen LogP contribution in [0, 0.1) is 0 Å². The van der Waals surface area contributed by atoms with E-state index >= 15 is 0 Å². The van der Waals surface area contributed by atoms with Gasteiger partial charge in [-0.3, -0.25) is 9.52 Å². The van der Waals surface area contributed by atoms with Crippen molar-refractivity contribution in [3.05, 3.63) is 59.7 Å². The molecule has 0 atom stereocenters. The van der Waals surface area contributed by atoms with Gasteiger partial charge >= 0.3 is 0 Å². The number of hydrogen-bond acceptors (Lipinski definition) is 3. The Balaban J connectivity index is 2.15. The molecule has 0 aromatic heterocycles. The first-order chi connectivity index (χ1) is 11.9. The molecular formula is C19H24N2O3S. The van der Waals surface area contributed by atoms with Crippen LogP contribution in [0.3, 0.4) is 0 Å². The summed E-state index contributed by atoms with van der Waals surface area (Å²) in [6.45, 7) is 7.14. The fourth-order valence-electron chi connectivity index (χ4n) is 2.49.